The van der Waals surface area contributed by atoms with Crippen LogP contribution in [0.15, 0.2) is 30.3 Å². The Kier molecular flexibility index (Phi) is 11.9. The van der Waals surface area contributed by atoms with Gasteiger partial charge in [-0.25, -0.2) is 0 Å². The Morgan fingerprint density at radius 2 is 1.31 bits per heavy atom. The van der Waals surface area contributed by atoms with Gasteiger partial charge in [0, 0.05) is 0 Å². The number of benzene rings is 1. The Morgan fingerprint density at radius 1 is 0.750 bits per heavy atom. The van der Waals surface area contributed by atoms with Crippen LogP contribution < -0.4 is 0 Å². The standard InChI is InChI=1S/C15H24.Na.H/c1-2-3-4-5-6-7-9-12-15-13-10-8-11-14-15;;/h8,10-11,13-14H,2-7,9,12H2,1H3;;. The van der Waals surface area contributed by atoms with Crippen LogP contribution in [0.4, 0.5) is 0 Å². The summed E-state index contributed by atoms with van der Waals surface area (Å²) < 4.78 is 0. The normalized spacial score (nSPS) is 9.81. The average molecular weight is 228 g/mol. The van der Waals surface area contributed by atoms with Crippen molar-refractivity contribution in [2.45, 2.75) is 58.3 Å². The summed E-state index contributed by atoms with van der Waals surface area (Å²) in [6, 6.07) is 10.8. The molecule has 86 valence electrons. The van der Waals surface area contributed by atoms with Gasteiger partial charge in [-0.05, 0) is 18.4 Å². The van der Waals surface area contributed by atoms with Crippen molar-refractivity contribution in [2.24, 2.45) is 0 Å². The number of aryl methyl sites for hydroxylation is 1. The number of hydrogen-bond donors (Lipinski definition) is 0. The molecule has 0 bridgehead atoms. The SMILES string of the molecule is CCCCCCCCCc1ccccc1.[NaH]. The second-order valence-electron chi connectivity index (χ2n) is 4.36. The molecular formula is C15H25Na. The van der Waals surface area contributed by atoms with Crippen molar-refractivity contribution in [3.05, 3.63) is 35.9 Å². The van der Waals surface area contributed by atoms with E-state index in [-0.39, 0.29) is 29.6 Å². The first-order valence-corrected chi connectivity index (χ1v) is 6.47. The minimum atomic E-state index is 0. The van der Waals surface area contributed by atoms with Crippen LogP contribution in [-0.2, 0) is 6.42 Å². The first-order chi connectivity index (χ1) is 7.43. The first-order valence-electron chi connectivity index (χ1n) is 6.47. The van der Waals surface area contributed by atoms with E-state index in [1.165, 1.54) is 56.9 Å². The molecule has 0 unspecified atom stereocenters. The van der Waals surface area contributed by atoms with Gasteiger partial charge in [-0.1, -0.05) is 75.8 Å². The molecule has 1 aromatic rings. The van der Waals surface area contributed by atoms with Crippen LogP contribution in [0.5, 0.6) is 0 Å². The maximum absolute atomic E-state index is 2.27. The van der Waals surface area contributed by atoms with Crippen molar-refractivity contribution in [1.29, 1.82) is 0 Å². The third kappa shape index (κ3) is 8.38. The summed E-state index contributed by atoms with van der Waals surface area (Å²) in [5.74, 6) is 0. The molecule has 0 N–H and O–H groups in total. The Labute approximate surface area is 123 Å². The van der Waals surface area contributed by atoms with Crippen molar-refractivity contribution in [3.8, 4) is 0 Å². The summed E-state index contributed by atoms with van der Waals surface area (Å²) in [6.07, 6.45) is 11.1. The zero-order valence-corrected chi connectivity index (χ0v) is 10.0. The second kappa shape index (κ2) is 11.7. The van der Waals surface area contributed by atoms with E-state index in [0.29, 0.717) is 0 Å². The molecule has 0 aromatic heterocycles. The van der Waals surface area contributed by atoms with E-state index in [0.717, 1.165) is 0 Å². The Balaban J connectivity index is 0.00000225. The van der Waals surface area contributed by atoms with Gasteiger partial charge in [-0.2, -0.15) is 0 Å². The molecule has 0 fully saturated rings. The average Bonchev–Trinajstić information content (AvgIpc) is 2.29. The van der Waals surface area contributed by atoms with Gasteiger partial charge < -0.3 is 0 Å². The fourth-order valence-corrected chi connectivity index (χ4v) is 1.93. The van der Waals surface area contributed by atoms with E-state index in [1.807, 2.05) is 0 Å². The zero-order chi connectivity index (χ0) is 10.8. The fraction of sp³-hybridized carbons (Fsp3) is 0.600. The first kappa shape index (κ1) is 16.2. The molecule has 0 saturated heterocycles. The second-order valence-corrected chi connectivity index (χ2v) is 4.36. The molecule has 0 saturated carbocycles. The van der Waals surface area contributed by atoms with Gasteiger partial charge in [0.05, 0.1) is 0 Å². The summed E-state index contributed by atoms with van der Waals surface area (Å²) in [4.78, 5) is 0. The molecule has 0 amide bonds. The van der Waals surface area contributed by atoms with Gasteiger partial charge in [-0.3, -0.25) is 0 Å². The van der Waals surface area contributed by atoms with E-state index in [9.17, 15) is 0 Å². The molecule has 0 aliphatic carbocycles. The fourth-order valence-electron chi connectivity index (χ4n) is 1.93. The van der Waals surface area contributed by atoms with Crippen molar-refractivity contribution in [2.75, 3.05) is 0 Å². The molecule has 16 heavy (non-hydrogen) atoms. The van der Waals surface area contributed by atoms with Crippen molar-refractivity contribution in [3.63, 3.8) is 0 Å². The summed E-state index contributed by atoms with van der Waals surface area (Å²) in [5, 5.41) is 0. The van der Waals surface area contributed by atoms with Crippen LogP contribution in [0.3, 0.4) is 0 Å². The van der Waals surface area contributed by atoms with Crippen LogP contribution in [0.1, 0.15) is 57.4 Å². The predicted molar refractivity (Wildman–Crippen MR) is 75.3 cm³/mol. The summed E-state index contributed by atoms with van der Waals surface area (Å²) in [5.41, 5.74) is 1.49. The molecule has 0 nitrogen and oxygen atoms in total. The Bertz CT molecular complexity index is 230. The summed E-state index contributed by atoms with van der Waals surface area (Å²) in [7, 11) is 0. The summed E-state index contributed by atoms with van der Waals surface area (Å²) in [6.45, 7) is 2.27. The quantitative estimate of drug-likeness (QED) is 0.459. The zero-order valence-electron chi connectivity index (χ0n) is 10.0. The topological polar surface area (TPSA) is 0 Å². The van der Waals surface area contributed by atoms with Crippen LogP contribution >= 0.6 is 0 Å². The van der Waals surface area contributed by atoms with E-state index in [2.05, 4.69) is 37.3 Å². The van der Waals surface area contributed by atoms with Gasteiger partial charge in [0.2, 0.25) is 0 Å². The molecule has 0 spiro atoms. The molecule has 1 rings (SSSR count). The third-order valence-electron chi connectivity index (χ3n) is 2.91. The molecular weight excluding hydrogens is 203 g/mol. The van der Waals surface area contributed by atoms with E-state index < -0.39 is 0 Å². The number of hydrogen-bond acceptors (Lipinski definition) is 0. The van der Waals surface area contributed by atoms with Crippen LogP contribution in [0.25, 0.3) is 0 Å². The van der Waals surface area contributed by atoms with Gasteiger partial charge in [0.15, 0.2) is 0 Å². The molecule has 0 aliphatic heterocycles. The van der Waals surface area contributed by atoms with E-state index in [4.69, 9.17) is 0 Å². The summed E-state index contributed by atoms with van der Waals surface area (Å²) >= 11 is 0. The molecule has 0 atom stereocenters. The molecule has 0 radical (unpaired) electrons. The molecule has 0 heterocycles. The number of rotatable bonds is 8. The van der Waals surface area contributed by atoms with Crippen LogP contribution in [-0.4, -0.2) is 29.6 Å². The van der Waals surface area contributed by atoms with Crippen molar-refractivity contribution < 1.29 is 0 Å². The van der Waals surface area contributed by atoms with Gasteiger partial charge in [0.25, 0.3) is 0 Å². The van der Waals surface area contributed by atoms with Gasteiger partial charge in [0.1, 0.15) is 0 Å². The van der Waals surface area contributed by atoms with E-state index in [1.54, 1.807) is 0 Å². The molecule has 1 heteroatoms. The molecule has 0 aliphatic rings. The van der Waals surface area contributed by atoms with Gasteiger partial charge >= 0.3 is 29.6 Å². The molecule has 1 aromatic carbocycles. The maximum atomic E-state index is 2.27. The van der Waals surface area contributed by atoms with Crippen LogP contribution in [0, 0.1) is 0 Å². The predicted octanol–water partition coefficient (Wildman–Crippen LogP) is 4.33. The van der Waals surface area contributed by atoms with Gasteiger partial charge in [-0.15, -0.1) is 0 Å². The number of unbranched alkanes of at least 4 members (excludes halogenated alkanes) is 6. The van der Waals surface area contributed by atoms with E-state index >= 15 is 0 Å². The Morgan fingerprint density at radius 3 is 1.94 bits per heavy atom. The third-order valence-corrected chi connectivity index (χ3v) is 2.91. The van der Waals surface area contributed by atoms with Crippen LogP contribution in [0.2, 0.25) is 0 Å². The minimum absolute atomic E-state index is 0. The van der Waals surface area contributed by atoms with Crippen molar-refractivity contribution >= 4 is 29.6 Å². The monoisotopic (exact) mass is 228 g/mol. The van der Waals surface area contributed by atoms with Crippen molar-refractivity contribution in [1.82, 2.24) is 0 Å². The Hall–Kier alpha value is 0.220.